The molecule has 1 aliphatic heterocycles. The van der Waals surface area contributed by atoms with E-state index in [4.69, 9.17) is 9.47 Å². The van der Waals surface area contributed by atoms with E-state index < -0.39 is 0 Å². The lowest BCUT2D eigenvalue weighted by atomic mass is 10.1. The molecule has 0 atom stereocenters. The standard InChI is InChI=1S/C19H22N2O3.ClH/c1-2-23-19(22)16-8-5-11-21(14-16)12-13-24-17-9-3-6-15-7-4-10-20-18(15)17;/h3-4,6-10H,2,5,11-14H2,1H3;1H. The van der Waals surface area contributed by atoms with Crippen molar-refractivity contribution in [3.8, 4) is 5.75 Å². The van der Waals surface area contributed by atoms with Crippen LogP contribution in [0.5, 0.6) is 5.75 Å². The first kappa shape index (κ1) is 19.2. The molecule has 1 aromatic carbocycles. The number of aromatic nitrogens is 1. The average Bonchev–Trinajstić information content (AvgIpc) is 2.62. The Kier molecular flexibility index (Phi) is 7.22. The van der Waals surface area contributed by atoms with Gasteiger partial charge in [0.25, 0.3) is 0 Å². The van der Waals surface area contributed by atoms with Crippen LogP contribution in [0.1, 0.15) is 13.3 Å². The van der Waals surface area contributed by atoms with E-state index in [1.807, 2.05) is 43.3 Å². The van der Waals surface area contributed by atoms with Crippen molar-refractivity contribution in [2.45, 2.75) is 13.3 Å². The molecular weight excluding hydrogens is 340 g/mol. The molecule has 0 N–H and O–H groups in total. The number of nitrogens with zero attached hydrogens (tertiary/aromatic N) is 2. The topological polar surface area (TPSA) is 51.7 Å². The molecule has 0 saturated carbocycles. The third kappa shape index (κ3) is 4.94. The van der Waals surface area contributed by atoms with Crippen LogP contribution in [0.4, 0.5) is 0 Å². The number of hydrogen-bond donors (Lipinski definition) is 0. The van der Waals surface area contributed by atoms with Gasteiger partial charge in [-0.25, -0.2) is 4.79 Å². The number of carbonyl (C=O) groups is 1. The molecule has 5 nitrogen and oxygen atoms in total. The Labute approximate surface area is 154 Å². The predicted molar refractivity (Wildman–Crippen MR) is 100 cm³/mol. The maximum absolute atomic E-state index is 11.8. The summed E-state index contributed by atoms with van der Waals surface area (Å²) in [7, 11) is 0. The summed E-state index contributed by atoms with van der Waals surface area (Å²) in [5, 5.41) is 1.07. The quantitative estimate of drug-likeness (QED) is 0.738. The average molecular weight is 363 g/mol. The number of halogens is 1. The molecule has 0 bridgehead atoms. The minimum absolute atomic E-state index is 0. The lowest BCUT2D eigenvalue weighted by Crippen LogP contribution is -2.35. The van der Waals surface area contributed by atoms with E-state index in [-0.39, 0.29) is 18.4 Å². The van der Waals surface area contributed by atoms with Crippen molar-refractivity contribution in [3.63, 3.8) is 0 Å². The SMILES string of the molecule is CCOC(=O)C1=CCCN(CCOc2cccc3cccnc23)C1.Cl. The van der Waals surface area contributed by atoms with Gasteiger partial charge in [0.2, 0.25) is 0 Å². The van der Waals surface area contributed by atoms with E-state index in [0.29, 0.717) is 19.8 Å². The molecule has 1 aromatic heterocycles. The van der Waals surface area contributed by atoms with Crippen LogP contribution in [0.15, 0.2) is 48.2 Å². The largest absolute Gasteiger partial charge is 0.490 e. The highest BCUT2D eigenvalue weighted by atomic mass is 35.5. The van der Waals surface area contributed by atoms with Gasteiger partial charge in [-0.15, -0.1) is 12.4 Å². The number of rotatable bonds is 6. The van der Waals surface area contributed by atoms with E-state index in [1.54, 1.807) is 6.20 Å². The fraction of sp³-hybridized carbons (Fsp3) is 0.368. The summed E-state index contributed by atoms with van der Waals surface area (Å²) in [6, 6.07) is 9.88. The molecule has 6 heteroatoms. The Morgan fingerprint density at radius 2 is 2.12 bits per heavy atom. The van der Waals surface area contributed by atoms with Crippen molar-refractivity contribution in [1.82, 2.24) is 9.88 Å². The summed E-state index contributed by atoms with van der Waals surface area (Å²) in [5.41, 5.74) is 1.63. The number of hydrogen-bond acceptors (Lipinski definition) is 5. The van der Waals surface area contributed by atoms with Crippen LogP contribution in [0.3, 0.4) is 0 Å². The van der Waals surface area contributed by atoms with Crippen molar-refractivity contribution in [2.75, 3.05) is 32.8 Å². The first-order valence-corrected chi connectivity index (χ1v) is 8.33. The minimum atomic E-state index is -0.207. The zero-order valence-corrected chi connectivity index (χ0v) is 15.1. The highest BCUT2D eigenvalue weighted by molar-refractivity contribution is 5.89. The van der Waals surface area contributed by atoms with Crippen LogP contribution in [0.25, 0.3) is 10.9 Å². The normalized spacial score (nSPS) is 14.5. The molecule has 25 heavy (non-hydrogen) atoms. The summed E-state index contributed by atoms with van der Waals surface area (Å²) in [6.07, 6.45) is 4.62. The van der Waals surface area contributed by atoms with Gasteiger partial charge in [0, 0.05) is 36.8 Å². The zero-order chi connectivity index (χ0) is 16.8. The van der Waals surface area contributed by atoms with Crippen LogP contribution >= 0.6 is 12.4 Å². The number of para-hydroxylation sites is 1. The molecule has 0 amide bonds. The number of ether oxygens (including phenoxy) is 2. The van der Waals surface area contributed by atoms with Gasteiger partial charge in [-0.3, -0.25) is 9.88 Å². The minimum Gasteiger partial charge on any atom is -0.490 e. The highest BCUT2D eigenvalue weighted by Gasteiger charge is 2.18. The van der Waals surface area contributed by atoms with Gasteiger partial charge in [-0.05, 0) is 25.5 Å². The number of pyridine rings is 1. The molecular formula is C19H23ClN2O3. The van der Waals surface area contributed by atoms with E-state index in [9.17, 15) is 4.79 Å². The van der Waals surface area contributed by atoms with Crippen LogP contribution in [-0.2, 0) is 9.53 Å². The summed E-state index contributed by atoms with van der Waals surface area (Å²) in [4.78, 5) is 18.4. The molecule has 0 spiro atoms. The van der Waals surface area contributed by atoms with Crippen molar-refractivity contribution in [2.24, 2.45) is 0 Å². The van der Waals surface area contributed by atoms with Gasteiger partial charge in [0.1, 0.15) is 17.9 Å². The van der Waals surface area contributed by atoms with Crippen LogP contribution < -0.4 is 4.74 Å². The van der Waals surface area contributed by atoms with E-state index in [2.05, 4.69) is 9.88 Å². The fourth-order valence-corrected chi connectivity index (χ4v) is 2.85. The number of benzene rings is 1. The molecule has 0 radical (unpaired) electrons. The van der Waals surface area contributed by atoms with Crippen molar-refractivity contribution in [3.05, 3.63) is 48.2 Å². The molecule has 2 aromatic rings. The Balaban J connectivity index is 0.00000225. The first-order chi connectivity index (χ1) is 11.8. The van der Waals surface area contributed by atoms with Gasteiger partial charge in [0.05, 0.1) is 6.61 Å². The zero-order valence-electron chi connectivity index (χ0n) is 14.3. The molecule has 2 heterocycles. The fourth-order valence-electron chi connectivity index (χ4n) is 2.85. The predicted octanol–water partition coefficient (Wildman–Crippen LogP) is 3.23. The molecule has 134 valence electrons. The summed E-state index contributed by atoms with van der Waals surface area (Å²) in [6.45, 7) is 5.11. The maximum atomic E-state index is 11.8. The Morgan fingerprint density at radius 3 is 2.96 bits per heavy atom. The Hall–Kier alpha value is -2.11. The van der Waals surface area contributed by atoms with Gasteiger partial charge in [-0.2, -0.15) is 0 Å². The number of carbonyl (C=O) groups excluding carboxylic acids is 1. The van der Waals surface area contributed by atoms with Crippen molar-refractivity contribution in [1.29, 1.82) is 0 Å². The summed E-state index contributed by atoms with van der Waals surface area (Å²) in [5.74, 6) is 0.590. The van der Waals surface area contributed by atoms with Crippen LogP contribution in [-0.4, -0.2) is 48.7 Å². The molecule has 3 rings (SSSR count). The van der Waals surface area contributed by atoms with Crippen molar-refractivity contribution >= 4 is 29.3 Å². The second-order valence-electron chi connectivity index (χ2n) is 5.69. The second-order valence-corrected chi connectivity index (χ2v) is 5.69. The van der Waals surface area contributed by atoms with E-state index in [0.717, 1.165) is 41.7 Å². The molecule has 1 aliphatic rings. The van der Waals surface area contributed by atoms with Gasteiger partial charge in [0.15, 0.2) is 0 Å². The van der Waals surface area contributed by atoms with Gasteiger partial charge in [-0.1, -0.05) is 24.3 Å². The molecule has 0 fully saturated rings. The summed E-state index contributed by atoms with van der Waals surface area (Å²) >= 11 is 0. The van der Waals surface area contributed by atoms with Gasteiger partial charge < -0.3 is 9.47 Å². The number of esters is 1. The first-order valence-electron chi connectivity index (χ1n) is 8.33. The Bertz CT molecular complexity index is 743. The van der Waals surface area contributed by atoms with E-state index >= 15 is 0 Å². The summed E-state index contributed by atoms with van der Waals surface area (Å²) < 4.78 is 11.0. The molecule has 0 saturated heterocycles. The van der Waals surface area contributed by atoms with E-state index in [1.165, 1.54) is 0 Å². The second kappa shape index (κ2) is 9.39. The monoisotopic (exact) mass is 362 g/mol. The lowest BCUT2D eigenvalue weighted by molar-refractivity contribution is -0.138. The third-order valence-electron chi connectivity index (χ3n) is 4.03. The Morgan fingerprint density at radius 1 is 1.28 bits per heavy atom. The third-order valence-corrected chi connectivity index (χ3v) is 4.03. The smallest absolute Gasteiger partial charge is 0.334 e. The van der Waals surface area contributed by atoms with Crippen LogP contribution in [0, 0.1) is 0 Å². The molecule has 0 aliphatic carbocycles. The van der Waals surface area contributed by atoms with Gasteiger partial charge >= 0.3 is 5.97 Å². The highest BCUT2D eigenvalue weighted by Crippen LogP contribution is 2.23. The van der Waals surface area contributed by atoms with Crippen LogP contribution in [0.2, 0.25) is 0 Å². The molecule has 0 unspecified atom stereocenters. The van der Waals surface area contributed by atoms with Crippen molar-refractivity contribution < 1.29 is 14.3 Å². The number of fused-ring (bicyclic) bond motifs is 1. The lowest BCUT2D eigenvalue weighted by Gasteiger charge is -2.26. The maximum Gasteiger partial charge on any atom is 0.334 e.